The maximum absolute atomic E-state index is 12.5. The van der Waals surface area contributed by atoms with Crippen molar-refractivity contribution < 1.29 is 14.7 Å². The van der Waals surface area contributed by atoms with Crippen LogP contribution >= 0.6 is 11.3 Å². The monoisotopic (exact) mass is 309 g/mol. The smallest absolute Gasteiger partial charge is 0.307 e. The Bertz CT molecular complexity index is 550. The van der Waals surface area contributed by atoms with Gasteiger partial charge >= 0.3 is 5.97 Å². The van der Waals surface area contributed by atoms with Gasteiger partial charge in [-0.15, -0.1) is 11.3 Å². The molecule has 1 aliphatic carbocycles. The van der Waals surface area contributed by atoms with E-state index in [-0.39, 0.29) is 11.8 Å². The Hall–Kier alpha value is -1.63. The van der Waals surface area contributed by atoms with Gasteiger partial charge in [0.15, 0.2) is 5.13 Å². The molecule has 114 valence electrons. The number of aromatic nitrogens is 1. The molecule has 1 saturated carbocycles. The number of carbonyl (C=O) groups excluding carboxylic acids is 1. The van der Waals surface area contributed by atoms with Crippen molar-refractivity contribution in [3.63, 3.8) is 0 Å². The van der Waals surface area contributed by atoms with Crippen LogP contribution in [0, 0.1) is 17.3 Å². The lowest BCUT2D eigenvalue weighted by molar-refractivity contribution is -0.142. The average Bonchev–Trinajstić information content (AvgIpc) is 2.81. The van der Waals surface area contributed by atoms with Crippen LogP contribution < -0.4 is 4.90 Å². The summed E-state index contributed by atoms with van der Waals surface area (Å²) in [4.78, 5) is 32.0. The number of carboxylic acid groups (broad SMARTS) is 1. The summed E-state index contributed by atoms with van der Waals surface area (Å²) in [5.74, 6) is -1.78. The van der Waals surface area contributed by atoms with Crippen molar-refractivity contribution in [1.29, 1.82) is 0 Å². The van der Waals surface area contributed by atoms with Crippen LogP contribution in [0.15, 0.2) is 11.6 Å². The first-order chi connectivity index (χ1) is 9.93. The van der Waals surface area contributed by atoms with Gasteiger partial charge in [-0.1, -0.05) is 13.8 Å². The summed E-state index contributed by atoms with van der Waals surface area (Å²) in [5, 5.41) is 12.1. The Morgan fingerprint density at radius 1 is 1.29 bits per heavy atom. The molecule has 3 rings (SSSR count). The molecule has 2 heterocycles. The number of anilines is 1. The van der Waals surface area contributed by atoms with Crippen LogP contribution in [0.3, 0.4) is 0 Å². The molecule has 6 nitrogen and oxygen atoms in total. The number of piperazine rings is 1. The van der Waals surface area contributed by atoms with E-state index in [0.29, 0.717) is 13.1 Å². The van der Waals surface area contributed by atoms with Crippen LogP contribution in [0.5, 0.6) is 0 Å². The lowest BCUT2D eigenvalue weighted by Crippen LogP contribution is -2.49. The van der Waals surface area contributed by atoms with Gasteiger partial charge in [0, 0.05) is 37.8 Å². The lowest BCUT2D eigenvalue weighted by Gasteiger charge is -2.35. The zero-order valence-corrected chi connectivity index (χ0v) is 13.0. The van der Waals surface area contributed by atoms with Gasteiger partial charge in [0.25, 0.3) is 0 Å². The molecule has 0 unspecified atom stereocenters. The molecule has 2 atom stereocenters. The molecule has 1 saturated heterocycles. The maximum Gasteiger partial charge on any atom is 0.307 e. The number of hydrogen-bond donors (Lipinski definition) is 1. The van der Waals surface area contributed by atoms with Crippen LogP contribution in [-0.4, -0.2) is 53.0 Å². The largest absolute Gasteiger partial charge is 0.481 e. The van der Waals surface area contributed by atoms with E-state index in [1.807, 2.05) is 19.2 Å². The molecule has 7 heteroatoms. The van der Waals surface area contributed by atoms with Crippen LogP contribution in [0.2, 0.25) is 0 Å². The molecule has 21 heavy (non-hydrogen) atoms. The normalized spacial score (nSPS) is 27.5. The predicted molar refractivity (Wildman–Crippen MR) is 79.3 cm³/mol. The molecular formula is C14H19N3O3S. The number of carboxylic acids is 1. The number of hydrogen-bond acceptors (Lipinski definition) is 5. The van der Waals surface area contributed by atoms with Gasteiger partial charge in [0.1, 0.15) is 0 Å². The van der Waals surface area contributed by atoms with Gasteiger partial charge in [-0.05, 0) is 5.41 Å². The Morgan fingerprint density at radius 2 is 1.95 bits per heavy atom. The first-order valence-corrected chi connectivity index (χ1v) is 7.97. The van der Waals surface area contributed by atoms with Crippen molar-refractivity contribution in [2.24, 2.45) is 17.3 Å². The molecule has 2 fully saturated rings. The number of nitrogens with zero attached hydrogens (tertiary/aromatic N) is 3. The van der Waals surface area contributed by atoms with Gasteiger partial charge in [-0.3, -0.25) is 9.59 Å². The summed E-state index contributed by atoms with van der Waals surface area (Å²) in [6.45, 7) is 6.50. The SMILES string of the molecule is CC1(C)[C@H](C(=O)O)[C@@H]1C(=O)N1CCN(c2nccs2)CC1. The molecule has 1 N–H and O–H groups in total. The fourth-order valence-corrected chi connectivity index (χ4v) is 3.94. The Kier molecular flexibility index (Phi) is 3.39. The van der Waals surface area contributed by atoms with Gasteiger partial charge in [-0.25, -0.2) is 4.98 Å². The number of amides is 1. The molecule has 1 aromatic rings. The van der Waals surface area contributed by atoms with E-state index >= 15 is 0 Å². The van der Waals surface area contributed by atoms with Gasteiger partial charge < -0.3 is 14.9 Å². The van der Waals surface area contributed by atoms with E-state index in [1.165, 1.54) is 0 Å². The Labute approximate surface area is 127 Å². The molecule has 0 bridgehead atoms. The van der Waals surface area contributed by atoms with Crippen LogP contribution in [0.1, 0.15) is 13.8 Å². The van der Waals surface area contributed by atoms with Crippen molar-refractivity contribution in [1.82, 2.24) is 9.88 Å². The number of carbonyl (C=O) groups is 2. The second-order valence-corrected chi connectivity index (χ2v) is 7.11. The minimum Gasteiger partial charge on any atom is -0.481 e. The summed E-state index contributed by atoms with van der Waals surface area (Å²) in [6.07, 6.45) is 1.78. The fraction of sp³-hybridized carbons (Fsp3) is 0.643. The van der Waals surface area contributed by atoms with E-state index in [2.05, 4.69) is 9.88 Å². The first kappa shape index (κ1) is 14.3. The standard InChI is InChI=1S/C14H19N3O3S/c1-14(2)9(10(14)12(19)20)11(18)16-4-6-17(7-5-16)13-15-3-8-21-13/h3,8-10H,4-7H2,1-2H3,(H,19,20)/t9-,10+/m1/s1. The van der Waals surface area contributed by atoms with E-state index in [1.54, 1.807) is 22.4 Å². The topological polar surface area (TPSA) is 73.7 Å². The second kappa shape index (κ2) is 4.98. The summed E-state index contributed by atoms with van der Waals surface area (Å²) >= 11 is 1.60. The Morgan fingerprint density at radius 3 is 2.43 bits per heavy atom. The van der Waals surface area contributed by atoms with Crippen molar-refractivity contribution >= 4 is 28.3 Å². The van der Waals surface area contributed by atoms with Crippen LogP contribution in [-0.2, 0) is 9.59 Å². The third-order valence-electron chi connectivity index (χ3n) is 4.64. The summed E-state index contributed by atoms with van der Waals surface area (Å²) in [5.41, 5.74) is -0.421. The quantitative estimate of drug-likeness (QED) is 0.906. The summed E-state index contributed by atoms with van der Waals surface area (Å²) in [6, 6.07) is 0. The molecule has 0 radical (unpaired) electrons. The average molecular weight is 309 g/mol. The molecular weight excluding hydrogens is 290 g/mol. The van der Waals surface area contributed by atoms with Gasteiger partial charge in [0.2, 0.25) is 5.91 Å². The van der Waals surface area contributed by atoms with E-state index in [4.69, 9.17) is 0 Å². The number of aliphatic carboxylic acids is 1. The number of rotatable bonds is 3. The molecule has 0 spiro atoms. The molecule has 1 aromatic heterocycles. The molecule has 0 aromatic carbocycles. The van der Waals surface area contributed by atoms with E-state index < -0.39 is 17.3 Å². The molecule has 1 amide bonds. The van der Waals surface area contributed by atoms with Crippen LogP contribution in [0.25, 0.3) is 0 Å². The highest BCUT2D eigenvalue weighted by atomic mass is 32.1. The highest BCUT2D eigenvalue weighted by Crippen LogP contribution is 2.59. The van der Waals surface area contributed by atoms with E-state index in [9.17, 15) is 14.7 Å². The third-order valence-corrected chi connectivity index (χ3v) is 5.47. The zero-order chi connectivity index (χ0) is 15.2. The van der Waals surface area contributed by atoms with E-state index in [0.717, 1.165) is 18.2 Å². The predicted octanol–water partition coefficient (Wildman–Crippen LogP) is 1.15. The maximum atomic E-state index is 12.5. The lowest BCUT2D eigenvalue weighted by atomic mass is 10.1. The Balaban J connectivity index is 1.60. The highest BCUT2D eigenvalue weighted by molar-refractivity contribution is 7.13. The molecule has 2 aliphatic rings. The van der Waals surface area contributed by atoms with Crippen molar-refractivity contribution in [2.75, 3.05) is 31.1 Å². The minimum absolute atomic E-state index is 0.00816. The molecule has 1 aliphatic heterocycles. The highest BCUT2D eigenvalue weighted by Gasteiger charge is 2.66. The van der Waals surface area contributed by atoms with Gasteiger partial charge in [0.05, 0.1) is 11.8 Å². The first-order valence-electron chi connectivity index (χ1n) is 7.09. The van der Waals surface area contributed by atoms with Crippen molar-refractivity contribution in [3.05, 3.63) is 11.6 Å². The second-order valence-electron chi connectivity index (χ2n) is 6.24. The fourth-order valence-electron chi connectivity index (χ4n) is 3.25. The number of thiazole rings is 1. The van der Waals surface area contributed by atoms with Crippen molar-refractivity contribution in [3.8, 4) is 0 Å². The van der Waals surface area contributed by atoms with Crippen molar-refractivity contribution in [2.45, 2.75) is 13.8 Å². The zero-order valence-electron chi connectivity index (χ0n) is 12.2. The minimum atomic E-state index is -0.861. The summed E-state index contributed by atoms with van der Waals surface area (Å²) < 4.78 is 0. The van der Waals surface area contributed by atoms with Gasteiger partial charge in [-0.2, -0.15) is 0 Å². The third kappa shape index (κ3) is 2.39. The van der Waals surface area contributed by atoms with Crippen LogP contribution in [0.4, 0.5) is 5.13 Å². The summed E-state index contributed by atoms with van der Waals surface area (Å²) in [7, 11) is 0.